The zero-order chi connectivity index (χ0) is 33.5. The number of fused-ring (bicyclic) bond motifs is 2. The van der Waals surface area contributed by atoms with E-state index >= 15 is 0 Å². The lowest BCUT2D eigenvalue weighted by molar-refractivity contribution is -0.153. The van der Waals surface area contributed by atoms with Crippen molar-refractivity contribution < 1.29 is 32.3 Å². The molecule has 6 rings (SSSR count). The molecule has 1 aromatic heterocycles. The Morgan fingerprint density at radius 1 is 0.872 bits per heavy atom. The molecule has 0 saturated heterocycles. The Kier molecular flexibility index (Phi) is 8.34. The molecular weight excluding hydrogens is 605 g/mol. The topological polar surface area (TPSA) is 74.0 Å². The molecule has 2 aliphatic rings. The third-order valence-corrected chi connectivity index (χ3v) is 9.28. The molecule has 1 N–H and O–H groups in total. The number of furan rings is 1. The number of likely N-dealkylation sites (N-methyl/N-ethyl adjacent to an activating group) is 1. The first kappa shape index (κ1) is 31.9. The standard InChI is InChI=1S/C38H35F3N2O4/c1-37(2,36(45)46)27-10-8-9-26(21-27)25-17-15-24(16-18-25)22-43(23-28-19-20-33(47-28)38(39,40)41)35(44)34-29-11-4-6-13-31(29)42(3)32-14-7-5-12-30(32)34/h4-21,29,31,34H,22-23H2,1-3H3,(H,45,46). The average Bonchev–Trinajstić information content (AvgIpc) is 3.54. The highest BCUT2D eigenvalue weighted by Gasteiger charge is 2.43. The molecule has 4 aromatic rings. The van der Waals surface area contributed by atoms with Gasteiger partial charge < -0.3 is 19.3 Å². The van der Waals surface area contributed by atoms with Crippen molar-refractivity contribution in [3.63, 3.8) is 0 Å². The molecule has 0 radical (unpaired) electrons. The lowest BCUT2D eigenvalue weighted by Crippen LogP contribution is -2.48. The Morgan fingerprint density at radius 3 is 2.30 bits per heavy atom. The fraction of sp³-hybridized carbons (Fsp3) is 0.263. The number of carboxylic acids is 1. The van der Waals surface area contributed by atoms with Crippen LogP contribution in [0.25, 0.3) is 11.1 Å². The molecular formula is C38H35F3N2O4. The van der Waals surface area contributed by atoms with Gasteiger partial charge in [0.15, 0.2) is 0 Å². The molecule has 0 fully saturated rings. The zero-order valence-electron chi connectivity index (χ0n) is 26.2. The Labute approximate surface area is 271 Å². The second-order valence-electron chi connectivity index (χ2n) is 12.7. The minimum Gasteiger partial charge on any atom is -0.481 e. The van der Waals surface area contributed by atoms with Crippen molar-refractivity contribution >= 4 is 17.6 Å². The zero-order valence-corrected chi connectivity index (χ0v) is 26.2. The fourth-order valence-corrected chi connectivity index (χ4v) is 6.49. The summed E-state index contributed by atoms with van der Waals surface area (Å²) in [6, 6.07) is 24.8. The maximum absolute atomic E-state index is 14.6. The molecule has 1 aliphatic heterocycles. The van der Waals surface area contributed by atoms with E-state index in [0.717, 1.165) is 34.0 Å². The molecule has 47 heavy (non-hydrogen) atoms. The summed E-state index contributed by atoms with van der Waals surface area (Å²) in [5, 5.41) is 9.69. The first-order valence-electron chi connectivity index (χ1n) is 15.4. The van der Waals surface area contributed by atoms with E-state index in [1.165, 1.54) is 6.07 Å². The number of carbonyl (C=O) groups is 2. The number of carbonyl (C=O) groups excluding carboxylic acids is 1. The summed E-state index contributed by atoms with van der Waals surface area (Å²) in [5.74, 6) is -2.95. The highest BCUT2D eigenvalue weighted by molar-refractivity contribution is 5.88. The number of alkyl halides is 3. The van der Waals surface area contributed by atoms with Crippen LogP contribution >= 0.6 is 0 Å². The molecule has 3 unspecified atom stereocenters. The Morgan fingerprint density at radius 2 is 1.60 bits per heavy atom. The summed E-state index contributed by atoms with van der Waals surface area (Å²) in [4.78, 5) is 30.2. The van der Waals surface area contributed by atoms with Gasteiger partial charge in [-0.3, -0.25) is 9.59 Å². The Hall–Kier alpha value is -5.05. The van der Waals surface area contributed by atoms with Crippen LogP contribution in [0.1, 0.15) is 48.0 Å². The lowest BCUT2D eigenvalue weighted by atomic mass is 9.74. The second-order valence-corrected chi connectivity index (χ2v) is 12.7. The maximum atomic E-state index is 14.6. The van der Waals surface area contributed by atoms with Gasteiger partial charge in [0, 0.05) is 25.2 Å². The minimum absolute atomic E-state index is 0.0389. The molecule has 6 nitrogen and oxygen atoms in total. The second kappa shape index (κ2) is 12.3. The average molecular weight is 641 g/mol. The fourth-order valence-electron chi connectivity index (χ4n) is 6.49. The van der Waals surface area contributed by atoms with Crippen molar-refractivity contribution in [1.82, 2.24) is 4.90 Å². The van der Waals surface area contributed by atoms with E-state index in [1.54, 1.807) is 24.8 Å². The normalized spacial score (nSPS) is 18.9. The van der Waals surface area contributed by atoms with Crippen LogP contribution in [-0.4, -0.2) is 35.0 Å². The Bertz CT molecular complexity index is 1850. The number of amides is 1. The number of hydrogen-bond acceptors (Lipinski definition) is 4. The first-order valence-corrected chi connectivity index (χ1v) is 15.4. The van der Waals surface area contributed by atoms with Gasteiger partial charge in [-0.25, -0.2) is 0 Å². The summed E-state index contributed by atoms with van der Waals surface area (Å²) in [7, 11) is 2.00. The van der Waals surface area contributed by atoms with Crippen molar-refractivity contribution in [1.29, 1.82) is 0 Å². The van der Waals surface area contributed by atoms with Crippen LogP contribution in [0.15, 0.2) is 114 Å². The summed E-state index contributed by atoms with van der Waals surface area (Å²) in [6.07, 6.45) is 3.35. The molecule has 9 heteroatoms. The molecule has 2 heterocycles. The number of halogens is 3. The van der Waals surface area contributed by atoms with E-state index in [2.05, 4.69) is 11.0 Å². The molecule has 242 valence electrons. The summed E-state index contributed by atoms with van der Waals surface area (Å²) in [6.45, 7) is 3.31. The van der Waals surface area contributed by atoms with Crippen molar-refractivity contribution in [3.8, 4) is 11.1 Å². The summed E-state index contributed by atoms with van der Waals surface area (Å²) in [5.41, 5.74) is 3.89. The van der Waals surface area contributed by atoms with Crippen LogP contribution < -0.4 is 4.90 Å². The van der Waals surface area contributed by atoms with Crippen LogP contribution in [0.2, 0.25) is 0 Å². The number of hydrogen-bond donors (Lipinski definition) is 1. The SMILES string of the molecule is CN1c2ccccc2C(C(=O)N(Cc2ccc(-c3cccc(C(C)(C)C(=O)O)c3)cc2)Cc2ccc(C(F)(F)F)o2)C2C=CC=CC21. The largest absolute Gasteiger partial charge is 0.481 e. The molecule has 1 aliphatic carbocycles. The molecule has 3 atom stereocenters. The van der Waals surface area contributed by atoms with Gasteiger partial charge in [0.2, 0.25) is 11.7 Å². The first-order chi connectivity index (χ1) is 22.3. The van der Waals surface area contributed by atoms with E-state index in [9.17, 15) is 27.9 Å². The highest BCUT2D eigenvalue weighted by atomic mass is 19.4. The number of allylic oxidation sites excluding steroid dienone is 2. The van der Waals surface area contributed by atoms with Crippen molar-refractivity contribution in [2.75, 3.05) is 11.9 Å². The number of para-hydroxylation sites is 1. The number of nitrogens with zero attached hydrogens (tertiary/aromatic N) is 2. The quantitative estimate of drug-likeness (QED) is 0.210. The van der Waals surface area contributed by atoms with Gasteiger partial charge in [-0.15, -0.1) is 0 Å². The van der Waals surface area contributed by atoms with Crippen LogP contribution in [0.4, 0.5) is 18.9 Å². The van der Waals surface area contributed by atoms with Crippen LogP contribution in [0.3, 0.4) is 0 Å². The minimum atomic E-state index is -4.64. The van der Waals surface area contributed by atoms with E-state index in [0.29, 0.717) is 5.56 Å². The van der Waals surface area contributed by atoms with Gasteiger partial charge >= 0.3 is 12.1 Å². The van der Waals surface area contributed by atoms with Gasteiger partial charge in [0.25, 0.3) is 0 Å². The number of aliphatic carboxylic acids is 1. The van der Waals surface area contributed by atoms with E-state index in [-0.39, 0.29) is 36.7 Å². The lowest BCUT2D eigenvalue weighted by Gasteiger charge is -2.45. The number of carboxylic acid groups (broad SMARTS) is 1. The van der Waals surface area contributed by atoms with Crippen molar-refractivity contribution in [2.24, 2.45) is 5.92 Å². The summed E-state index contributed by atoms with van der Waals surface area (Å²) < 4.78 is 45.4. The molecule has 0 bridgehead atoms. The van der Waals surface area contributed by atoms with E-state index in [1.807, 2.05) is 92.0 Å². The predicted molar refractivity (Wildman–Crippen MR) is 174 cm³/mol. The number of rotatable bonds is 8. The van der Waals surface area contributed by atoms with Crippen molar-refractivity contribution in [2.45, 2.75) is 50.5 Å². The van der Waals surface area contributed by atoms with Crippen molar-refractivity contribution in [3.05, 3.63) is 137 Å². The van der Waals surface area contributed by atoms with Gasteiger partial charge in [-0.1, -0.05) is 91.0 Å². The van der Waals surface area contributed by atoms with E-state index in [4.69, 9.17) is 4.42 Å². The number of benzene rings is 3. The number of anilines is 1. The van der Waals surface area contributed by atoms with Crippen LogP contribution in [-0.2, 0) is 34.3 Å². The highest BCUT2D eigenvalue weighted by Crippen LogP contribution is 2.45. The van der Waals surface area contributed by atoms with Gasteiger partial charge in [-0.2, -0.15) is 13.2 Å². The molecule has 1 amide bonds. The molecule has 0 saturated carbocycles. The van der Waals surface area contributed by atoms with Crippen LogP contribution in [0, 0.1) is 5.92 Å². The monoisotopic (exact) mass is 640 g/mol. The van der Waals surface area contributed by atoms with Gasteiger partial charge in [-0.05, 0) is 59.9 Å². The predicted octanol–water partition coefficient (Wildman–Crippen LogP) is 8.20. The molecule has 0 spiro atoms. The summed E-state index contributed by atoms with van der Waals surface area (Å²) >= 11 is 0. The van der Waals surface area contributed by atoms with Gasteiger partial charge in [0.1, 0.15) is 5.76 Å². The van der Waals surface area contributed by atoms with Gasteiger partial charge in [0.05, 0.1) is 23.9 Å². The molecule has 3 aromatic carbocycles. The maximum Gasteiger partial charge on any atom is 0.449 e. The van der Waals surface area contributed by atoms with E-state index < -0.39 is 29.2 Å². The smallest absolute Gasteiger partial charge is 0.449 e. The third-order valence-electron chi connectivity index (χ3n) is 9.28. The third kappa shape index (κ3) is 6.22. The van der Waals surface area contributed by atoms with Crippen LogP contribution in [0.5, 0.6) is 0 Å². The Balaban J connectivity index is 1.33.